The van der Waals surface area contributed by atoms with Crippen molar-refractivity contribution in [3.8, 4) is 5.75 Å². The molecule has 1 aromatic rings. The van der Waals surface area contributed by atoms with Gasteiger partial charge in [0.15, 0.2) is 0 Å². The summed E-state index contributed by atoms with van der Waals surface area (Å²) < 4.78 is 5.44. The van der Waals surface area contributed by atoms with Gasteiger partial charge in [0.05, 0.1) is 0 Å². The lowest BCUT2D eigenvalue weighted by molar-refractivity contribution is -0.144. The number of nitrogens with zero attached hydrogens (tertiary/aromatic N) is 1. The van der Waals surface area contributed by atoms with Crippen molar-refractivity contribution in [3.05, 3.63) is 29.3 Å². The number of carbonyl (C=O) groups is 3. The summed E-state index contributed by atoms with van der Waals surface area (Å²) in [4.78, 5) is 42.5. The van der Waals surface area contributed by atoms with Crippen LogP contribution < -0.4 is 10.6 Å². The van der Waals surface area contributed by atoms with Crippen molar-refractivity contribution in [3.63, 3.8) is 0 Å². The van der Waals surface area contributed by atoms with E-state index in [1.165, 1.54) is 6.42 Å². The Bertz CT molecular complexity index is 980. The van der Waals surface area contributed by atoms with Crippen LogP contribution in [0.2, 0.25) is 0 Å². The molecule has 37 heavy (non-hydrogen) atoms. The zero-order valence-corrected chi connectivity index (χ0v) is 23.5. The summed E-state index contributed by atoms with van der Waals surface area (Å²) in [6.07, 6.45) is 5.30. The van der Waals surface area contributed by atoms with E-state index in [0.29, 0.717) is 11.1 Å². The normalized spacial score (nSPS) is 21.6. The van der Waals surface area contributed by atoms with Crippen molar-refractivity contribution >= 4 is 17.9 Å². The van der Waals surface area contributed by atoms with Crippen molar-refractivity contribution in [1.29, 1.82) is 0 Å². The second-order valence-corrected chi connectivity index (χ2v) is 12.2. The summed E-state index contributed by atoms with van der Waals surface area (Å²) in [5.41, 5.74) is 0.582. The zero-order chi connectivity index (χ0) is 27.5. The summed E-state index contributed by atoms with van der Waals surface area (Å²) in [6.45, 7) is 12.9. The van der Waals surface area contributed by atoms with Gasteiger partial charge in [-0.3, -0.25) is 9.59 Å². The van der Waals surface area contributed by atoms with Crippen LogP contribution in [0, 0.1) is 18.8 Å². The number of carbonyl (C=O) groups excluding carboxylic acids is 3. The highest BCUT2D eigenvalue weighted by Crippen LogP contribution is 2.41. The standard InChI is InChI=1S/C29H45N3O5/c1-17(2)24(31-28(36)37-29(5,6)7)27(35)32(22-16-18(22)3)25(20-13-14-23(33)19(4)15-20)26(34)30-21-11-9-8-10-12-21/h13-15,17-18,21-22,24-25,33H,8-12,16H2,1-7H3,(H,30,34)(H,31,36). The molecule has 0 bridgehead atoms. The summed E-state index contributed by atoms with van der Waals surface area (Å²) >= 11 is 0. The Kier molecular flexibility index (Phi) is 9.13. The molecule has 3 rings (SSSR count). The molecule has 3 amide bonds. The van der Waals surface area contributed by atoms with Crippen molar-refractivity contribution in [1.82, 2.24) is 15.5 Å². The van der Waals surface area contributed by atoms with Crippen LogP contribution in [0.1, 0.15) is 97.2 Å². The van der Waals surface area contributed by atoms with E-state index in [2.05, 4.69) is 17.6 Å². The van der Waals surface area contributed by atoms with Gasteiger partial charge in [-0.25, -0.2) is 4.79 Å². The Hall–Kier alpha value is -2.77. The zero-order valence-electron chi connectivity index (χ0n) is 23.5. The van der Waals surface area contributed by atoms with Gasteiger partial charge in [-0.1, -0.05) is 46.1 Å². The molecule has 0 radical (unpaired) electrons. The van der Waals surface area contributed by atoms with E-state index in [9.17, 15) is 19.5 Å². The summed E-state index contributed by atoms with van der Waals surface area (Å²) in [5.74, 6) is -0.366. The molecule has 206 valence electrons. The van der Waals surface area contributed by atoms with Gasteiger partial charge in [0.1, 0.15) is 23.4 Å². The maximum absolute atomic E-state index is 14.2. The molecule has 3 N–H and O–H groups in total. The molecule has 0 heterocycles. The Morgan fingerprint density at radius 1 is 1.11 bits per heavy atom. The molecule has 1 aromatic carbocycles. The average Bonchev–Trinajstić information content (AvgIpc) is 3.52. The number of hydrogen-bond donors (Lipinski definition) is 3. The summed E-state index contributed by atoms with van der Waals surface area (Å²) in [6, 6.07) is 3.30. The van der Waals surface area contributed by atoms with E-state index in [1.54, 1.807) is 50.8 Å². The number of hydrogen-bond acceptors (Lipinski definition) is 5. The third kappa shape index (κ3) is 7.62. The van der Waals surface area contributed by atoms with Crippen LogP contribution in [0.25, 0.3) is 0 Å². The predicted octanol–water partition coefficient (Wildman–Crippen LogP) is 4.98. The first-order valence-corrected chi connectivity index (χ1v) is 13.7. The minimum Gasteiger partial charge on any atom is -0.508 e. The lowest BCUT2D eigenvalue weighted by Crippen LogP contribution is -2.56. The first kappa shape index (κ1) is 28.8. The van der Waals surface area contributed by atoms with Gasteiger partial charge < -0.3 is 25.4 Å². The molecule has 8 nitrogen and oxygen atoms in total. The van der Waals surface area contributed by atoms with Crippen LogP contribution >= 0.6 is 0 Å². The Morgan fingerprint density at radius 3 is 2.24 bits per heavy atom. The molecule has 8 heteroatoms. The Balaban J connectivity index is 1.98. The van der Waals surface area contributed by atoms with E-state index in [1.807, 2.05) is 13.8 Å². The number of nitrogens with one attached hydrogen (secondary N) is 2. The predicted molar refractivity (Wildman–Crippen MR) is 143 cm³/mol. The van der Waals surface area contributed by atoms with Gasteiger partial charge in [-0.05, 0) is 82.1 Å². The van der Waals surface area contributed by atoms with Crippen molar-refractivity contribution in [2.75, 3.05) is 0 Å². The smallest absolute Gasteiger partial charge is 0.408 e. The molecule has 2 saturated carbocycles. The third-order valence-corrected chi connectivity index (χ3v) is 7.30. The fourth-order valence-electron chi connectivity index (χ4n) is 5.09. The molecular formula is C29H45N3O5. The minimum absolute atomic E-state index is 0.0799. The topological polar surface area (TPSA) is 108 Å². The lowest BCUT2D eigenvalue weighted by Gasteiger charge is -2.37. The summed E-state index contributed by atoms with van der Waals surface area (Å²) in [7, 11) is 0. The number of rotatable bonds is 8. The number of ether oxygens (including phenoxy) is 1. The van der Waals surface area contributed by atoms with Crippen LogP contribution in [0.15, 0.2) is 18.2 Å². The Labute approximate surface area is 221 Å². The quantitative estimate of drug-likeness (QED) is 0.453. The van der Waals surface area contributed by atoms with Crippen LogP contribution in [0.5, 0.6) is 5.75 Å². The molecule has 2 fully saturated rings. The molecule has 0 aliphatic heterocycles. The van der Waals surface area contributed by atoms with Gasteiger partial charge in [-0.15, -0.1) is 0 Å². The van der Waals surface area contributed by atoms with Gasteiger partial charge in [0.2, 0.25) is 11.8 Å². The van der Waals surface area contributed by atoms with Gasteiger partial charge >= 0.3 is 6.09 Å². The average molecular weight is 516 g/mol. The fraction of sp³-hybridized carbons (Fsp3) is 0.690. The van der Waals surface area contributed by atoms with E-state index < -0.39 is 23.8 Å². The molecule has 0 aromatic heterocycles. The molecule has 4 atom stereocenters. The maximum Gasteiger partial charge on any atom is 0.408 e. The molecule has 2 aliphatic rings. The first-order valence-electron chi connectivity index (χ1n) is 13.7. The van der Waals surface area contributed by atoms with Gasteiger partial charge in [0.25, 0.3) is 0 Å². The van der Waals surface area contributed by atoms with Crippen LogP contribution in [-0.2, 0) is 14.3 Å². The number of aryl methyl sites for hydroxylation is 1. The lowest BCUT2D eigenvalue weighted by atomic mass is 9.94. The maximum atomic E-state index is 14.2. The Morgan fingerprint density at radius 2 is 1.73 bits per heavy atom. The molecule has 0 saturated heterocycles. The largest absolute Gasteiger partial charge is 0.508 e. The van der Waals surface area contributed by atoms with Crippen molar-refractivity contribution < 1.29 is 24.2 Å². The van der Waals surface area contributed by atoms with Gasteiger partial charge in [-0.2, -0.15) is 0 Å². The molecule has 4 unspecified atom stereocenters. The van der Waals surface area contributed by atoms with Crippen molar-refractivity contribution in [2.24, 2.45) is 11.8 Å². The van der Waals surface area contributed by atoms with E-state index >= 15 is 0 Å². The van der Waals surface area contributed by atoms with E-state index in [0.717, 1.165) is 32.1 Å². The third-order valence-electron chi connectivity index (χ3n) is 7.30. The van der Waals surface area contributed by atoms with Gasteiger partial charge in [0, 0.05) is 12.1 Å². The summed E-state index contributed by atoms with van der Waals surface area (Å²) in [5, 5.41) is 16.1. The minimum atomic E-state index is -0.870. The highest BCUT2D eigenvalue weighted by atomic mass is 16.6. The number of aromatic hydroxyl groups is 1. The highest BCUT2D eigenvalue weighted by molar-refractivity contribution is 5.93. The highest BCUT2D eigenvalue weighted by Gasteiger charge is 2.49. The molecule has 2 aliphatic carbocycles. The van der Waals surface area contributed by atoms with Crippen LogP contribution in [0.3, 0.4) is 0 Å². The second-order valence-electron chi connectivity index (χ2n) is 12.2. The molecular weight excluding hydrogens is 470 g/mol. The van der Waals surface area contributed by atoms with Crippen molar-refractivity contribution in [2.45, 2.75) is 117 Å². The first-order chi connectivity index (χ1) is 17.3. The number of phenolic OH excluding ortho intramolecular Hbond substituents is 1. The van der Waals surface area contributed by atoms with Crippen LogP contribution in [-0.4, -0.2) is 51.6 Å². The second kappa shape index (κ2) is 11.7. The SMILES string of the molecule is Cc1cc(C(C(=O)NC2CCCCC2)N(C(=O)C(NC(=O)OC(C)(C)C)C(C)C)C2CC2C)ccc1O. The monoisotopic (exact) mass is 515 g/mol. The van der Waals surface area contributed by atoms with E-state index in [4.69, 9.17) is 4.74 Å². The van der Waals surface area contributed by atoms with E-state index in [-0.39, 0.29) is 41.5 Å². The number of amides is 3. The number of phenols is 1. The fourth-order valence-corrected chi connectivity index (χ4v) is 5.09. The molecule has 0 spiro atoms. The van der Waals surface area contributed by atoms with Crippen LogP contribution in [0.4, 0.5) is 4.79 Å². The number of benzene rings is 1. The number of alkyl carbamates (subject to hydrolysis) is 1.